The Balaban J connectivity index is 1.81. The molecule has 0 amide bonds. The molecule has 0 bridgehead atoms. The van der Waals surface area contributed by atoms with Gasteiger partial charge in [0.15, 0.2) is 0 Å². The maximum absolute atomic E-state index is 4.52. The number of hydrogen-bond donors (Lipinski definition) is 2. The van der Waals surface area contributed by atoms with Gasteiger partial charge < -0.3 is 10.3 Å². The normalized spacial score (nSPS) is 11.9. The average Bonchev–Trinajstić information content (AvgIpc) is 2.80. The molecule has 0 radical (unpaired) electrons. The number of nitrogens with zero attached hydrogens (tertiary/aromatic N) is 2. The van der Waals surface area contributed by atoms with E-state index in [0.717, 1.165) is 36.5 Å². The van der Waals surface area contributed by atoms with Gasteiger partial charge in [0.2, 0.25) is 5.95 Å². The molecule has 1 heterocycles. The van der Waals surface area contributed by atoms with Crippen molar-refractivity contribution in [2.75, 3.05) is 18.4 Å². The summed E-state index contributed by atoms with van der Waals surface area (Å²) in [5, 5.41) is 3.37. The predicted octanol–water partition coefficient (Wildman–Crippen LogP) is 3.48. The first kappa shape index (κ1) is 14.9. The van der Waals surface area contributed by atoms with Gasteiger partial charge in [-0.1, -0.05) is 12.1 Å². The average molecular weight is 274 g/mol. The Morgan fingerprint density at radius 2 is 1.85 bits per heavy atom. The number of benzene rings is 1. The van der Waals surface area contributed by atoms with Crippen molar-refractivity contribution >= 4 is 17.0 Å². The highest BCUT2D eigenvalue weighted by Gasteiger charge is 2.12. The van der Waals surface area contributed by atoms with Crippen molar-refractivity contribution in [1.82, 2.24) is 14.9 Å². The molecule has 0 saturated heterocycles. The third-order valence-electron chi connectivity index (χ3n) is 3.60. The second kappa shape index (κ2) is 6.75. The van der Waals surface area contributed by atoms with Crippen molar-refractivity contribution in [3.63, 3.8) is 0 Å². The Morgan fingerprint density at radius 1 is 1.15 bits per heavy atom. The number of para-hydroxylation sites is 2. The maximum Gasteiger partial charge on any atom is 0.201 e. The molecule has 4 heteroatoms. The van der Waals surface area contributed by atoms with Crippen LogP contribution in [-0.4, -0.2) is 40.0 Å². The molecule has 20 heavy (non-hydrogen) atoms. The molecule has 2 rings (SSSR count). The van der Waals surface area contributed by atoms with Gasteiger partial charge in [-0.05, 0) is 46.2 Å². The lowest BCUT2D eigenvalue weighted by molar-refractivity contribution is 0.174. The number of hydrogen-bond acceptors (Lipinski definition) is 3. The maximum atomic E-state index is 4.52. The van der Waals surface area contributed by atoms with Crippen LogP contribution in [0.1, 0.15) is 34.1 Å². The quantitative estimate of drug-likeness (QED) is 0.760. The van der Waals surface area contributed by atoms with E-state index >= 15 is 0 Å². The minimum absolute atomic E-state index is 0.598. The molecular weight excluding hydrogens is 248 g/mol. The summed E-state index contributed by atoms with van der Waals surface area (Å²) in [5.74, 6) is 0.867. The van der Waals surface area contributed by atoms with E-state index in [1.54, 1.807) is 0 Å². The molecular formula is C16H26N4. The van der Waals surface area contributed by atoms with Gasteiger partial charge in [-0.25, -0.2) is 4.98 Å². The fourth-order valence-electron chi connectivity index (χ4n) is 2.62. The van der Waals surface area contributed by atoms with Gasteiger partial charge in [-0.3, -0.25) is 4.90 Å². The first-order valence-electron chi connectivity index (χ1n) is 7.52. The zero-order valence-corrected chi connectivity index (χ0v) is 13.0. The van der Waals surface area contributed by atoms with Crippen molar-refractivity contribution in [1.29, 1.82) is 0 Å². The lowest BCUT2D eigenvalue weighted by Crippen LogP contribution is -2.38. The number of aromatic nitrogens is 2. The van der Waals surface area contributed by atoms with E-state index in [-0.39, 0.29) is 0 Å². The summed E-state index contributed by atoms with van der Waals surface area (Å²) >= 11 is 0. The molecule has 0 unspecified atom stereocenters. The number of H-pyrrole nitrogens is 1. The van der Waals surface area contributed by atoms with Crippen molar-refractivity contribution in [3.8, 4) is 0 Å². The fraction of sp³-hybridized carbons (Fsp3) is 0.562. The number of nitrogens with one attached hydrogen (secondary N) is 2. The lowest BCUT2D eigenvalue weighted by atomic mass is 10.2. The summed E-state index contributed by atoms with van der Waals surface area (Å²) in [6, 6.07) is 9.30. The Bertz CT molecular complexity index is 489. The monoisotopic (exact) mass is 274 g/mol. The number of fused-ring (bicyclic) bond motifs is 1. The number of anilines is 1. The largest absolute Gasteiger partial charge is 0.356 e. The summed E-state index contributed by atoms with van der Waals surface area (Å²) in [5.41, 5.74) is 2.10. The van der Waals surface area contributed by atoms with E-state index in [4.69, 9.17) is 0 Å². The van der Waals surface area contributed by atoms with Crippen LogP contribution in [0.15, 0.2) is 24.3 Å². The number of imidazole rings is 1. The molecule has 4 nitrogen and oxygen atoms in total. The van der Waals surface area contributed by atoms with Crippen LogP contribution in [0.25, 0.3) is 11.0 Å². The molecule has 0 spiro atoms. The molecule has 1 aromatic carbocycles. The van der Waals surface area contributed by atoms with Crippen LogP contribution in [0.4, 0.5) is 5.95 Å². The van der Waals surface area contributed by atoms with Crippen molar-refractivity contribution < 1.29 is 0 Å². The molecule has 0 fully saturated rings. The van der Waals surface area contributed by atoms with Crippen molar-refractivity contribution in [2.24, 2.45) is 0 Å². The Hall–Kier alpha value is -1.55. The van der Waals surface area contributed by atoms with Crippen LogP contribution >= 0.6 is 0 Å². The van der Waals surface area contributed by atoms with Gasteiger partial charge in [-0.15, -0.1) is 0 Å². The SMILES string of the molecule is CC(C)N(CCCNc1nc2ccccc2[nH]1)C(C)C. The number of aromatic amines is 1. The highest BCUT2D eigenvalue weighted by molar-refractivity contribution is 5.77. The second-order valence-electron chi connectivity index (χ2n) is 5.81. The van der Waals surface area contributed by atoms with Crippen LogP contribution < -0.4 is 5.32 Å². The first-order valence-corrected chi connectivity index (χ1v) is 7.52. The zero-order chi connectivity index (χ0) is 14.5. The van der Waals surface area contributed by atoms with Gasteiger partial charge in [0.05, 0.1) is 11.0 Å². The van der Waals surface area contributed by atoms with E-state index in [9.17, 15) is 0 Å². The molecule has 110 valence electrons. The van der Waals surface area contributed by atoms with Gasteiger partial charge >= 0.3 is 0 Å². The molecule has 0 saturated carbocycles. The molecule has 0 aliphatic carbocycles. The molecule has 0 aliphatic rings. The summed E-state index contributed by atoms with van der Waals surface area (Å²) in [7, 11) is 0. The standard InChI is InChI=1S/C16H26N4/c1-12(2)20(13(3)4)11-7-10-17-16-18-14-8-5-6-9-15(14)19-16/h5-6,8-9,12-13H,7,10-11H2,1-4H3,(H2,17,18,19). The third-order valence-corrected chi connectivity index (χ3v) is 3.60. The molecule has 2 aromatic rings. The number of rotatable bonds is 7. The van der Waals surface area contributed by atoms with Crippen molar-refractivity contribution in [3.05, 3.63) is 24.3 Å². The van der Waals surface area contributed by atoms with Gasteiger partial charge in [-0.2, -0.15) is 0 Å². The Morgan fingerprint density at radius 3 is 2.50 bits per heavy atom. The lowest BCUT2D eigenvalue weighted by Gasteiger charge is -2.30. The van der Waals surface area contributed by atoms with Crippen LogP contribution in [0, 0.1) is 0 Å². The highest BCUT2D eigenvalue weighted by Crippen LogP contribution is 2.13. The first-order chi connectivity index (χ1) is 9.58. The summed E-state index contributed by atoms with van der Waals surface area (Å²) in [6.07, 6.45) is 1.12. The second-order valence-corrected chi connectivity index (χ2v) is 5.81. The van der Waals surface area contributed by atoms with E-state index in [1.807, 2.05) is 24.3 Å². The Kier molecular flexibility index (Phi) is 5.01. The van der Waals surface area contributed by atoms with E-state index in [2.05, 4.69) is 47.9 Å². The minimum Gasteiger partial charge on any atom is -0.356 e. The molecule has 0 aliphatic heterocycles. The summed E-state index contributed by atoms with van der Waals surface area (Å²) in [4.78, 5) is 10.3. The van der Waals surface area contributed by atoms with Crippen LogP contribution in [0.2, 0.25) is 0 Å². The van der Waals surface area contributed by atoms with Crippen molar-refractivity contribution in [2.45, 2.75) is 46.2 Å². The minimum atomic E-state index is 0.598. The van der Waals surface area contributed by atoms with Crippen LogP contribution in [0.3, 0.4) is 0 Å². The Labute approximate surface area is 121 Å². The molecule has 1 aromatic heterocycles. The summed E-state index contributed by atoms with van der Waals surface area (Å²) < 4.78 is 0. The molecule has 2 N–H and O–H groups in total. The summed E-state index contributed by atoms with van der Waals surface area (Å²) in [6.45, 7) is 11.1. The van der Waals surface area contributed by atoms with Crippen LogP contribution in [0.5, 0.6) is 0 Å². The topological polar surface area (TPSA) is 44.0 Å². The highest BCUT2D eigenvalue weighted by atomic mass is 15.2. The smallest absolute Gasteiger partial charge is 0.201 e. The van der Waals surface area contributed by atoms with Crippen LogP contribution in [-0.2, 0) is 0 Å². The van der Waals surface area contributed by atoms with E-state index < -0.39 is 0 Å². The fourth-order valence-corrected chi connectivity index (χ4v) is 2.62. The van der Waals surface area contributed by atoms with Gasteiger partial charge in [0.25, 0.3) is 0 Å². The zero-order valence-electron chi connectivity index (χ0n) is 13.0. The predicted molar refractivity (Wildman–Crippen MR) is 86.2 cm³/mol. The van der Waals surface area contributed by atoms with E-state index in [0.29, 0.717) is 12.1 Å². The van der Waals surface area contributed by atoms with E-state index in [1.165, 1.54) is 0 Å². The third kappa shape index (κ3) is 3.73. The van der Waals surface area contributed by atoms with Gasteiger partial charge in [0, 0.05) is 25.2 Å². The molecule has 0 atom stereocenters. The van der Waals surface area contributed by atoms with Gasteiger partial charge in [0.1, 0.15) is 0 Å².